The van der Waals surface area contributed by atoms with Crippen molar-refractivity contribution in [3.8, 4) is 0 Å². The Morgan fingerprint density at radius 2 is 2.20 bits per heavy atom. The molecule has 0 saturated carbocycles. The standard InChI is InChI=1S/C16H23N3O5S/c1-11-8-13-14(24-16(21)18-13)9-15(11)25(22,23)17-5-7-19-6-3-2-4-12(19)10-20/h8-9,12,17,20H,2-7,10H2,1H3,(H,18,21). The van der Waals surface area contributed by atoms with Gasteiger partial charge in [-0.1, -0.05) is 6.42 Å². The summed E-state index contributed by atoms with van der Waals surface area (Å²) >= 11 is 0. The van der Waals surface area contributed by atoms with Crippen molar-refractivity contribution in [3.05, 3.63) is 28.2 Å². The Labute approximate surface area is 145 Å². The van der Waals surface area contributed by atoms with Crippen LogP contribution in [-0.2, 0) is 10.0 Å². The molecule has 0 spiro atoms. The lowest BCUT2D eigenvalue weighted by Gasteiger charge is -2.34. The van der Waals surface area contributed by atoms with E-state index in [1.165, 1.54) is 6.07 Å². The van der Waals surface area contributed by atoms with Crippen LogP contribution in [0, 0.1) is 6.92 Å². The molecule has 1 fully saturated rings. The van der Waals surface area contributed by atoms with E-state index in [-0.39, 0.29) is 29.7 Å². The molecule has 9 heteroatoms. The summed E-state index contributed by atoms with van der Waals surface area (Å²) in [6, 6.07) is 3.05. The van der Waals surface area contributed by atoms with E-state index >= 15 is 0 Å². The highest BCUT2D eigenvalue weighted by atomic mass is 32.2. The van der Waals surface area contributed by atoms with Gasteiger partial charge < -0.3 is 9.52 Å². The van der Waals surface area contributed by atoms with Crippen LogP contribution in [0.4, 0.5) is 0 Å². The fourth-order valence-corrected chi connectivity index (χ4v) is 4.60. The topological polar surface area (TPSA) is 116 Å². The van der Waals surface area contributed by atoms with E-state index in [4.69, 9.17) is 4.42 Å². The highest BCUT2D eigenvalue weighted by Gasteiger charge is 2.23. The molecular formula is C16H23N3O5S. The summed E-state index contributed by atoms with van der Waals surface area (Å²) in [7, 11) is -3.71. The van der Waals surface area contributed by atoms with Crippen LogP contribution in [0.1, 0.15) is 24.8 Å². The first-order valence-electron chi connectivity index (χ1n) is 8.39. The van der Waals surface area contributed by atoms with Crippen molar-refractivity contribution in [1.29, 1.82) is 0 Å². The van der Waals surface area contributed by atoms with Gasteiger partial charge >= 0.3 is 5.76 Å². The number of aliphatic hydroxyl groups excluding tert-OH is 1. The number of benzene rings is 1. The van der Waals surface area contributed by atoms with Crippen molar-refractivity contribution in [1.82, 2.24) is 14.6 Å². The number of hydrogen-bond acceptors (Lipinski definition) is 6. The zero-order valence-corrected chi connectivity index (χ0v) is 14.9. The quantitative estimate of drug-likeness (QED) is 0.685. The number of H-pyrrole nitrogens is 1. The Morgan fingerprint density at radius 1 is 1.40 bits per heavy atom. The van der Waals surface area contributed by atoms with Crippen LogP contribution in [-0.4, -0.2) is 55.7 Å². The van der Waals surface area contributed by atoms with Crippen molar-refractivity contribution >= 4 is 21.1 Å². The second kappa shape index (κ2) is 7.28. The van der Waals surface area contributed by atoms with Gasteiger partial charge in [0.2, 0.25) is 10.0 Å². The first-order valence-corrected chi connectivity index (χ1v) is 9.87. The van der Waals surface area contributed by atoms with Crippen LogP contribution in [0.3, 0.4) is 0 Å². The molecule has 25 heavy (non-hydrogen) atoms. The minimum absolute atomic E-state index is 0.0923. The monoisotopic (exact) mass is 369 g/mol. The van der Waals surface area contributed by atoms with Crippen LogP contribution in [0.25, 0.3) is 11.1 Å². The molecule has 1 aromatic carbocycles. The van der Waals surface area contributed by atoms with Gasteiger partial charge in [-0.3, -0.25) is 9.88 Å². The maximum Gasteiger partial charge on any atom is 0.417 e. The molecule has 3 N–H and O–H groups in total. The van der Waals surface area contributed by atoms with Gasteiger partial charge in [-0.25, -0.2) is 17.9 Å². The summed E-state index contributed by atoms with van der Waals surface area (Å²) in [5.41, 5.74) is 1.22. The third kappa shape index (κ3) is 3.95. The summed E-state index contributed by atoms with van der Waals surface area (Å²) < 4.78 is 32.7. The van der Waals surface area contributed by atoms with E-state index in [2.05, 4.69) is 14.6 Å². The highest BCUT2D eigenvalue weighted by Crippen LogP contribution is 2.21. The van der Waals surface area contributed by atoms with Gasteiger partial charge in [0.1, 0.15) is 0 Å². The molecule has 1 aliphatic heterocycles. The normalized spacial score (nSPS) is 19.5. The molecule has 1 unspecified atom stereocenters. The molecule has 1 saturated heterocycles. The number of aliphatic hydroxyl groups is 1. The highest BCUT2D eigenvalue weighted by molar-refractivity contribution is 7.89. The van der Waals surface area contributed by atoms with Crippen LogP contribution >= 0.6 is 0 Å². The van der Waals surface area contributed by atoms with Crippen LogP contribution in [0.15, 0.2) is 26.2 Å². The maximum absolute atomic E-state index is 12.6. The Bertz CT molecular complexity index is 902. The van der Waals surface area contributed by atoms with Crippen LogP contribution < -0.4 is 10.5 Å². The first kappa shape index (κ1) is 18.1. The molecule has 8 nitrogen and oxygen atoms in total. The lowest BCUT2D eigenvalue weighted by atomic mass is 10.0. The number of piperidine rings is 1. The lowest BCUT2D eigenvalue weighted by Crippen LogP contribution is -2.45. The summed E-state index contributed by atoms with van der Waals surface area (Å²) in [5.74, 6) is -0.614. The molecular weight excluding hydrogens is 346 g/mol. The largest absolute Gasteiger partial charge is 0.417 e. The number of aromatic amines is 1. The SMILES string of the molecule is Cc1cc2[nH]c(=O)oc2cc1S(=O)(=O)NCCN1CCCCC1CO. The number of oxazole rings is 1. The summed E-state index contributed by atoms with van der Waals surface area (Å²) in [6.07, 6.45) is 3.09. The van der Waals surface area contributed by atoms with Gasteiger partial charge in [0, 0.05) is 25.2 Å². The molecule has 138 valence electrons. The van der Waals surface area contributed by atoms with Gasteiger partial charge in [-0.2, -0.15) is 0 Å². The van der Waals surface area contributed by atoms with E-state index in [0.717, 1.165) is 25.8 Å². The first-order chi connectivity index (χ1) is 11.9. The van der Waals surface area contributed by atoms with Gasteiger partial charge in [0.25, 0.3) is 0 Å². The molecule has 1 aliphatic rings. The number of aryl methyl sites for hydroxylation is 1. The van der Waals surface area contributed by atoms with E-state index in [0.29, 0.717) is 17.6 Å². The number of aromatic nitrogens is 1. The number of rotatable bonds is 6. The van der Waals surface area contributed by atoms with Crippen molar-refractivity contribution in [3.63, 3.8) is 0 Å². The predicted octanol–water partition coefficient (Wildman–Crippen LogP) is 0.555. The van der Waals surface area contributed by atoms with Gasteiger partial charge in [0.15, 0.2) is 5.58 Å². The molecule has 2 aromatic rings. The minimum atomic E-state index is -3.71. The number of fused-ring (bicyclic) bond motifs is 1. The Morgan fingerprint density at radius 3 is 2.96 bits per heavy atom. The molecule has 3 rings (SSSR count). The van der Waals surface area contributed by atoms with E-state index in [1.807, 2.05) is 0 Å². The van der Waals surface area contributed by atoms with Gasteiger partial charge in [-0.15, -0.1) is 0 Å². The average Bonchev–Trinajstić information content (AvgIpc) is 2.93. The fraction of sp³-hybridized carbons (Fsp3) is 0.562. The third-order valence-corrected chi connectivity index (χ3v) is 6.26. The minimum Gasteiger partial charge on any atom is -0.408 e. The summed E-state index contributed by atoms with van der Waals surface area (Å²) in [6.45, 7) is 3.44. The van der Waals surface area contributed by atoms with Gasteiger partial charge in [-0.05, 0) is 37.9 Å². The van der Waals surface area contributed by atoms with Crippen LogP contribution in [0.2, 0.25) is 0 Å². The lowest BCUT2D eigenvalue weighted by molar-refractivity contribution is 0.0923. The van der Waals surface area contributed by atoms with Crippen molar-refractivity contribution in [2.75, 3.05) is 26.2 Å². The number of nitrogens with zero attached hydrogens (tertiary/aromatic N) is 1. The number of hydrogen-bond donors (Lipinski definition) is 3. The second-order valence-electron chi connectivity index (χ2n) is 6.39. The Hall–Kier alpha value is -1.68. The summed E-state index contributed by atoms with van der Waals surface area (Å²) in [4.78, 5) is 16.0. The number of nitrogens with one attached hydrogen (secondary N) is 2. The van der Waals surface area contributed by atoms with Crippen molar-refractivity contribution < 1.29 is 17.9 Å². The Kier molecular flexibility index (Phi) is 5.28. The molecule has 1 atom stereocenters. The Balaban J connectivity index is 1.71. The number of likely N-dealkylation sites (tertiary alicyclic amines) is 1. The third-order valence-electron chi connectivity index (χ3n) is 4.66. The second-order valence-corrected chi connectivity index (χ2v) is 8.13. The maximum atomic E-state index is 12.6. The molecule has 0 aliphatic carbocycles. The molecule has 1 aromatic heterocycles. The molecule has 0 amide bonds. The molecule has 0 bridgehead atoms. The van der Waals surface area contributed by atoms with E-state index in [9.17, 15) is 18.3 Å². The smallest absolute Gasteiger partial charge is 0.408 e. The summed E-state index contributed by atoms with van der Waals surface area (Å²) in [5, 5.41) is 9.42. The average molecular weight is 369 g/mol. The number of sulfonamides is 1. The van der Waals surface area contributed by atoms with Crippen molar-refractivity contribution in [2.45, 2.75) is 37.1 Å². The predicted molar refractivity (Wildman–Crippen MR) is 93.1 cm³/mol. The zero-order valence-electron chi connectivity index (χ0n) is 14.1. The fourth-order valence-electron chi connectivity index (χ4n) is 3.34. The van der Waals surface area contributed by atoms with E-state index in [1.54, 1.807) is 13.0 Å². The van der Waals surface area contributed by atoms with Crippen LogP contribution in [0.5, 0.6) is 0 Å². The zero-order chi connectivity index (χ0) is 18.0. The molecule has 0 radical (unpaired) electrons. The molecule has 2 heterocycles. The van der Waals surface area contributed by atoms with Crippen molar-refractivity contribution in [2.24, 2.45) is 0 Å². The van der Waals surface area contributed by atoms with Gasteiger partial charge in [0.05, 0.1) is 17.0 Å². The van der Waals surface area contributed by atoms with E-state index < -0.39 is 15.8 Å².